The standard InChI is InChI=1S/C18H22O2/c1-13(2)18(14-5-9-16(19-3)10-6-14)15-7-11-17(20-4)12-8-15/h5-13,18H,1-4H3. The molecular formula is C18H22O2. The van der Waals surface area contributed by atoms with Crippen LogP contribution in [0.3, 0.4) is 0 Å². The second-order valence-corrected chi connectivity index (χ2v) is 5.27. The van der Waals surface area contributed by atoms with E-state index >= 15 is 0 Å². The number of rotatable bonds is 5. The molecule has 0 aliphatic carbocycles. The van der Waals surface area contributed by atoms with Crippen molar-refractivity contribution in [1.82, 2.24) is 0 Å². The number of benzene rings is 2. The number of methoxy groups -OCH3 is 2. The van der Waals surface area contributed by atoms with Crippen molar-refractivity contribution in [3.8, 4) is 11.5 Å². The van der Waals surface area contributed by atoms with Crippen molar-refractivity contribution in [3.63, 3.8) is 0 Å². The van der Waals surface area contributed by atoms with E-state index in [1.165, 1.54) is 11.1 Å². The Bertz CT molecular complexity index is 479. The van der Waals surface area contributed by atoms with E-state index in [-0.39, 0.29) is 0 Å². The summed E-state index contributed by atoms with van der Waals surface area (Å²) in [6, 6.07) is 16.7. The average molecular weight is 270 g/mol. The lowest BCUT2D eigenvalue weighted by Crippen LogP contribution is -2.08. The average Bonchev–Trinajstić information content (AvgIpc) is 2.48. The molecule has 0 aliphatic heterocycles. The van der Waals surface area contributed by atoms with Crippen LogP contribution in [0.1, 0.15) is 30.9 Å². The molecule has 0 aromatic heterocycles. The van der Waals surface area contributed by atoms with Crippen molar-refractivity contribution in [2.45, 2.75) is 19.8 Å². The van der Waals surface area contributed by atoms with E-state index in [1.807, 2.05) is 24.3 Å². The molecule has 20 heavy (non-hydrogen) atoms. The van der Waals surface area contributed by atoms with Gasteiger partial charge in [-0.25, -0.2) is 0 Å². The van der Waals surface area contributed by atoms with Crippen LogP contribution in [0, 0.1) is 5.92 Å². The molecular weight excluding hydrogens is 248 g/mol. The Morgan fingerprint density at radius 1 is 0.650 bits per heavy atom. The van der Waals surface area contributed by atoms with Crippen LogP contribution in [0.15, 0.2) is 48.5 Å². The molecule has 0 saturated carbocycles. The first-order chi connectivity index (χ1) is 9.65. The second-order valence-electron chi connectivity index (χ2n) is 5.27. The van der Waals surface area contributed by atoms with E-state index in [0.29, 0.717) is 11.8 Å². The predicted octanol–water partition coefficient (Wildman–Crippen LogP) is 4.49. The largest absolute Gasteiger partial charge is 0.497 e. The minimum absolute atomic E-state index is 0.381. The van der Waals surface area contributed by atoms with Crippen LogP contribution in [0.5, 0.6) is 11.5 Å². The van der Waals surface area contributed by atoms with Gasteiger partial charge in [-0.05, 0) is 41.3 Å². The van der Waals surface area contributed by atoms with Gasteiger partial charge in [0.05, 0.1) is 14.2 Å². The maximum absolute atomic E-state index is 5.23. The van der Waals surface area contributed by atoms with Gasteiger partial charge in [0, 0.05) is 5.92 Å². The van der Waals surface area contributed by atoms with Crippen molar-refractivity contribution >= 4 is 0 Å². The molecule has 0 heterocycles. The molecule has 0 bridgehead atoms. The lowest BCUT2D eigenvalue weighted by Gasteiger charge is -2.22. The van der Waals surface area contributed by atoms with Crippen molar-refractivity contribution in [1.29, 1.82) is 0 Å². The van der Waals surface area contributed by atoms with Crippen LogP contribution in [0.4, 0.5) is 0 Å². The Morgan fingerprint density at radius 2 is 1.00 bits per heavy atom. The third-order valence-electron chi connectivity index (χ3n) is 3.62. The molecule has 2 rings (SSSR count). The second kappa shape index (κ2) is 6.47. The summed E-state index contributed by atoms with van der Waals surface area (Å²) in [5.74, 6) is 2.69. The zero-order valence-electron chi connectivity index (χ0n) is 12.6. The highest BCUT2D eigenvalue weighted by Crippen LogP contribution is 2.33. The normalized spacial score (nSPS) is 10.9. The Balaban J connectivity index is 2.33. The zero-order chi connectivity index (χ0) is 14.5. The van der Waals surface area contributed by atoms with Gasteiger partial charge >= 0.3 is 0 Å². The number of hydrogen-bond acceptors (Lipinski definition) is 2. The van der Waals surface area contributed by atoms with Crippen molar-refractivity contribution < 1.29 is 9.47 Å². The molecule has 0 spiro atoms. The van der Waals surface area contributed by atoms with E-state index in [1.54, 1.807) is 14.2 Å². The maximum atomic E-state index is 5.23. The van der Waals surface area contributed by atoms with Crippen LogP contribution in [-0.4, -0.2) is 14.2 Å². The summed E-state index contributed by atoms with van der Waals surface area (Å²) in [6.45, 7) is 4.50. The molecule has 0 radical (unpaired) electrons. The molecule has 0 unspecified atom stereocenters. The van der Waals surface area contributed by atoms with Gasteiger partial charge in [0.15, 0.2) is 0 Å². The van der Waals surface area contributed by atoms with E-state index in [2.05, 4.69) is 38.1 Å². The summed E-state index contributed by atoms with van der Waals surface area (Å²) in [5, 5.41) is 0. The third kappa shape index (κ3) is 3.13. The smallest absolute Gasteiger partial charge is 0.118 e. The highest BCUT2D eigenvalue weighted by Gasteiger charge is 2.18. The van der Waals surface area contributed by atoms with Gasteiger partial charge in [-0.15, -0.1) is 0 Å². The summed E-state index contributed by atoms with van der Waals surface area (Å²) in [5.41, 5.74) is 2.62. The van der Waals surface area contributed by atoms with Gasteiger partial charge in [0.1, 0.15) is 11.5 Å². The molecule has 2 heteroatoms. The van der Waals surface area contributed by atoms with Crippen molar-refractivity contribution in [3.05, 3.63) is 59.7 Å². The summed E-state index contributed by atoms with van der Waals surface area (Å²) >= 11 is 0. The first-order valence-electron chi connectivity index (χ1n) is 6.93. The Kier molecular flexibility index (Phi) is 4.67. The van der Waals surface area contributed by atoms with Crippen LogP contribution >= 0.6 is 0 Å². The number of hydrogen-bond donors (Lipinski definition) is 0. The SMILES string of the molecule is COc1ccc(C(c2ccc(OC)cc2)C(C)C)cc1. The van der Waals surface area contributed by atoms with E-state index in [0.717, 1.165) is 11.5 Å². The summed E-state index contributed by atoms with van der Waals surface area (Å²) in [7, 11) is 3.39. The Labute approximate surface area is 121 Å². The fourth-order valence-corrected chi connectivity index (χ4v) is 2.58. The van der Waals surface area contributed by atoms with E-state index in [4.69, 9.17) is 9.47 Å². The topological polar surface area (TPSA) is 18.5 Å². The van der Waals surface area contributed by atoms with Gasteiger partial charge in [-0.2, -0.15) is 0 Å². The van der Waals surface area contributed by atoms with Crippen molar-refractivity contribution in [2.24, 2.45) is 5.92 Å². The maximum Gasteiger partial charge on any atom is 0.118 e. The fraction of sp³-hybridized carbons (Fsp3) is 0.333. The van der Waals surface area contributed by atoms with E-state index < -0.39 is 0 Å². The minimum atomic E-state index is 0.381. The lowest BCUT2D eigenvalue weighted by atomic mass is 9.82. The lowest BCUT2D eigenvalue weighted by molar-refractivity contribution is 0.414. The molecule has 0 fully saturated rings. The predicted molar refractivity (Wildman–Crippen MR) is 82.7 cm³/mol. The molecule has 2 nitrogen and oxygen atoms in total. The van der Waals surface area contributed by atoms with Gasteiger partial charge in [0.25, 0.3) is 0 Å². The van der Waals surface area contributed by atoms with Crippen LogP contribution in [-0.2, 0) is 0 Å². The molecule has 0 saturated heterocycles. The Hall–Kier alpha value is -1.96. The number of ether oxygens (including phenoxy) is 2. The molecule has 2 aromatic carbocycles. The minimum Gasteiger partial charge on any atom is -0.497 e. The molecule has 0 aliphatic rings. The summed E-state index contributed by atoms with van der Waals surface area (Å²) in [6.07, 6.45) is 0. The zero-order valence-corrected chi connectivity index (χ0v) is 12.6. The molecule has 0 atom stereocenters. The Morgan fingerprint density at radius 3 is 1.25 bits per heavy atom. The highest BCUT2D eigenvalue weighted by molar-refractivity contribution is 5.38. The molecule has 0 amide bonds. The summed E-state index contributed by atoms with van der Waals surface area (Å²) in [4.78, 5) is 0. The van der Waals surface area contributed by atoms with E-state index in [9.17, 15) is 0 Å². The third-order valence-corrected chi connectivity index (χ3v) is 3.62. The van der Waals surface area contributed by atoms with Gasteiger partial charge < -0.3 is 9.47 Å². The summed E-state index contributed by atoms with van der Waals surface area (Å²) < 4.78 is 10.5. The molecule has 0 N–H and O–H groups in total. The highest BCUT2D eigenvalue weighted by atomic mass is 16.5. The van der Waals surface area contributed by atoms with Gasteiger partial charge in [-0.3, -0.25) is 0 Å². The molecule has 2 aromatic rings. The quantitative estimate of drug-likeness (QED) is 0.797. The fourth-order valence-electron chi connectivity index (χ4n) is 2.58. The first kappa shape index (κ1) is 14.4. The van der Waals surface area contributed by atoms with Gasteiger partial charge in [-0.1, -0.05) is 38.1 Å². The van der Waals surface area contributed by atoms with Crippen LogP contribution in [0.2, 0.25) is 0 Å². The van der Waals surface area contributed by atoms with Crippen molar-refractivity contribution in [2.75, 3.05) is 14.2 Å². The monoisotopic (exact) mass is 270 g/mol. The molecule has 106 valence electrons. The van der Waals surface area contributed by atoms with Crippen LogP contribution < -0.4 is 9.47 Å². The van der Waals surface area contributed by atoms with Gasteiger partial charge in [0.2, 0.25) is 0 Å². The van der Waals surface area contributed by atoms with Crippen LogP contribution in [0.25, 0.3) is 0 Å². The first-order valence-corrected chi connectivity index (χ1v) is 6.93.